The van der Waals surface area contributed by atoms with E-state index in [0.29, 0.717) is 6.54 Å². The molecule has 1 aromatic heterocycles. The van der Waals surface area contributed by atoms with Crippen molar-refractivity contribution < 1.29 is 4.74 Å². The highest BCUT2D eigenvalue weighted by molar-refractivity contribution is 5.31. The van der Waals surface area contributed by atoms with Crippen LogP contribution in [-0.4, -0.2) is 23.4 Å². The summed E-state index contributed by atoms with van der Waals surface area (Å²) in [4.78, 5) is 0. The van der Waals surface area contributed by atoms with Gasteiger partial charge in [-0.2, -0.15) is 5.10 Å². The summed E-state index contributed by atoms with van der Waals surface area (Å²) < 4.78 is 7.13. The van der Waals surface area contributed by atoms with E-state index < -0.39 is 0 Å². The Balaban J connectivity index is 3.08. The lowest BCUT2D eigenvalue weighted by molar-refractivity contribution is 0.376. The minimum atomic E-state index is 0.00530. The van der Waals surface area contributed by atoms with Crippen LogP contribution in [-0.2, 0) is 12.5 Å². The molecule has 1 aromatic rings. The van der Waals surface area contributed by atoms with Gasteiger partial charge in [0.2, 0.25) is 0 Å². The Bertz CT molecular complexity index is 304. The number of aryl methyl sites for hydroxylation is 1. The van der Waals surface area contributed by atoms with Crippen LogP contribution >= 0.6 is 0 Å². The molecular weight excluding hydrogens is 178 g/mol. The van der Waals surface area contributed by atoms with Crippen LogP contribution in [0.15, 0.2) is 6.20 Å². The summed E-state index contributed by atoms with van der Waals surface area (Å²) in [5.74, 6) is 0.839. The van der Waals surface area contributed by atoms with Crippen molar-refractivity contribution in [2.75, 3.05) is 13.7 Å². The van der Waals surface area contributed by atoms with Crippen LogP contribution in [0.5, 0.6) is 5.75 Å². The van der Waals surface area contributed by atoms with E-state index in [9.17, 15) is 0 Å². The molecular formula is C10H19N3O. The third-order valence-electron chi connectivity index (χ3n) is 2.54. The predicted octanol–water partition coefficient (Wildman–Crippen LogP) is 1.06. The Labute approximate surface area is 85.0 Å². The zero-order valence-corrected chi connectivity index (χ0v) is 9.37. The lowest BCUT2D eigenvalue weighted by Crippen LogP contribution is -2.25. The molecule has 0 aliphatic carbocycles. The van der Waals surface area contributed by atoms with Crippen LogP contribution in [0.25, 0.3) is 0 Å². The van der Waals surface area contributed by atoms with Gasteiger partial charge in [0.05, 0.1) is 19.0 Å². The summed E-state index contributed by atoms with van der Waals surface area (Å²) in [5.41, 5.74) is 6.70. The Kier molecular flexibility index (Phi) is 3.16. The van der Waals surface area contributed by atoms with Crippen molar-refractivity contribution in [3.8, 4) is 5.75 Å². The molecule has 4 heteroatoms. The van der Waals surface area contributed by atoms with Gasteiger partial charge >= 0.3 is 0 Å². The zero-order chi connectivity index (χ0) is 10.8. The fourth-order valence-corrected chi connectivity index (χ4v) is 1.82. The van der Waals surface area contributed by atoms with Crippen molar-refractivity contribution in [3.63, 3.8) is 0 Å². The molecule has 0 spiro atoms. The van der Waals surface area contributed by atoms with Crippen molar-refractivity contribution in [2.24, 2.45) is 12.8 Å². The molecule has 0 amide bonds. The van der Waals surface area contributed by atoms with E-state index >= 15 is 0 Å². The third-order valence-corrected chi connectivity index (χ3v) is 2.54. The van der Waals surface area contributed by atoms with Crippen LogP contribution < -0.4 is 10.5 Å². The highest BCUT2D eigenvalue weighted by atomic mass is 16.5. The molecule has 0 fully saturated rings. The first kappa shape index (κ1) is 11.0. The van der Waals surface area contributed by atoms with Gasteiger partial charge in [-0.15, -0.1) is 0 Å². The Hall–Kier alpha value is -1.03. The summed E-state index contributed by atoms with van der Waals surface area (Å²) in [6, 6.07) is 0. The second-order valence-corrected chi connectivity index (χ2v) is 4.11. The normalized spacial score (nSPS) is 11.8. The number of ether oxygens (including phenoxy) is 1. The summed E-state index contributed by atoms with van der Waals surface area (Å²) in [7, 11) is 3.59. The molecule has 0 aliphatic heterocycles. The van der Waals surface area contributed by atoms with Gasteiger partial charge in [-0.3, -0.25) is 4.68 Å². The number of hydrogen-bond acceptors (Lipinski definition) is 3. The van der Waals surface area contributed by atoms with Crippen LogP contribution in [0, 0.1) is 0 Å². The monoisotopic (exact) mass is 197 g/mol. The molecule has 0 aliphatic rings. The molecule has 0 bridgehead atoms. The van der Waals surface area contributed by atoms with Gasteiger partial charge in [0.15, 0.2) is 5.75 Å². The lowest BCUT2D eigenvalue weighted by atomic mass is 9.85. The molecule has 0 saturated heterocycles. The average Bonchev–Trinajstić information content (AvgIpc) is 2.47. The van der Waals surface area contributed by atoms with Crippen molar-refractivity contribution in [2.45, 2.75) is 25.7 Å². The first-order chi connectivity index (χ1) is 6.53. The summed E-state index contributed by atoms with van der Waals surface area (Å²) in [5, 5.41) is 4.19. The quantitative estimate of drug-likeness (QED) is 0.785. The maximum atomic E-state index is 5.59. The number of nitrogens with two attached hydrogens (primary N) is 1. The third kappa shape index (κ3) is 1.90. The van der Waals surface area contributed by atoms with E-state index in [1.54, 1.807) is 13.3 Å². The Morgan fingerprint density at radius 2 is 2.21 bits per heavy atom. The highest BCUT2D eigenvalue weighted by Crippen LogP contribution is 2.33. The molecule has 2 N–H and O–H groups in total. The van der Waals surface area contributed by atoms with E-state index in [-0.39, 0.29) is 5.41 Å². The van der Waals surface area contributed by atoms with Gasteiger partial charge < -0.3 is 10.5 Å². The smallest absolute Gasteiger partial charge is 0.160 e. The molecule has 0 radical (unpaired) electrons. The Morgan fingerprint density at radius 1 is 1.57 bits per heavy atom. The largest absolute Gasteiger partial charge is 0.493 e. The molecule has 80 valence electrons. The van der Waals surface area contributed by atoms with Gasteiger partial charge in [0.1, 0.15) is 0 Å². The van der Waals surface area contributed by atoms with Crippen LogP contribution in [0.1, 0.15) is 26.0 Å². The maximum absolute atomic E-state index is 5.59. The fraction of sp³-hybridized carbons (Fsp3) is 0.700. The van der Waals surface area contributed by atoms with Gasteiger partial charge in [0.25, 0.3) is 0 Å². The van der Waals surface area contributed by atoms with E-state index in [1.165, 1.54) is 0 Å². The van der Waals surface area contributed by atoms with Crippen molar-refractivity contribution in [1.29, 1.82) is 0 Å². The summed E-state index contributed by atoms with van der Waals surface area (Å²) in [6.07, 6.45) is 2.66. The minimum absolute atomic E-state index is 0.00530. The topological polar surface area (TPSA) is 53.1 Å². The second kappa shape index (κ2) is 4.00. The van der Waals surface area contributed by atoms with Gasteiger partial charge in [-0.1, -0.05) is 13.8 Å². The predicted molar refractivity (Wildman–Crippen MR) is 56.5 cm³/mol. The zero-order valence-electron chi connectivity index (χ0n) is 9.37. The van der Waals surface area contributed by atoms with Crippen LogP contribution in [0.4, 0.5) is 0 Å². The van der Waals surface area contributed by atoms with E-state index in [1.807, 2.05) is 11.7 Å². The Morgan fingerprint density at radius 3 is 2.71 bits per heavy atom. The maximum Gasteiger partial charge on any atom is 0.160 e. The van der Waals surface area contributed by atoms with Crippen molar-refractivity contribution in [3.05, 3.63) is 11.9 Å². The first-order valence-corrected chi connectivity index (χ1v) is 4.79. The SMILES string of the molecule is COc1cnn(C)c1C(C)(C)CCN. The number of aromatic nitrogens is 2. The van der Waals surface area contributed by atoms with E-state index in [4.69, 9.17) is 10.5 Å². The molecule has 1 rings (SSSR count). The number of methoxy groups -OCH3 is 1. The van der Waals surface area contributed by atoms with Gasteiger partial charge in [-0.25, -0.2) is 0 Å². The standard InChI is InChI=1S/C10H19N3O/c1-10(2,5-6-11)9-8(14-4)7-12-13(9)3/h7H,5-6,11H2,1-4H3. The molecule has 14 heavy (non-hydrogen) atoms. The molecule has 1 heterocycles. The van der Waals surface area contributed by atoms with Gasteiger partial charge in [-0.05, 0) is 13.0 Å². The lowest BCUT2D eigenvalue weighted by Gasteiger charge is -2.25. The number of nitrogens with zero attached hydrogens (tertiary/aromatic N) is 2. The first-order valence-electron chi connectivity index (χ1n) is 4.79. The minimum Gasteiger partial charge on any atom is -0.493 e. The molecule has 0 saturated carbocycles. The second-order valence-electron chi connectivity index (χ2n) is 4.11. The molecule has 4 nitrogen and oxygen atoms in total. The van der Waals surface area contributed by atoms with Gasteiger partial charge in [0, 0.05) is 12.5 Å². The number of rotatable bonds is 4. The fourth-order valence-electron chi connectivity index (χ4n) is 1.82. The number of hydrogen-bond donors (Lipinski definition) is 1. The average molecular weight is 197 g/mol. The molecule has 0 atom stereocenters. The molecule has 0 aromatic carbocycles. The van der Waals surface area contributed by atoms with Crippen molar-refractivity contribution in [1.82, 2.24) is 9.78 Å². The van der Waals surface area contributed by atoms with E-state index in [0.717, 1.165) is 17.9 Å². The molecule has 0 unspecified atom stereocenters. The summed E-state index contributed by atoms with van der Waals surface area (Å²) >= 11 is 0. The highest BCUT2D eigenvalue weighted by Gasteiger charge is 2.27. The summed E-state index contributed by atoms with van der Waals surface area (Å²) in [6.45, 7) is 4.97. The van der Waals surface area contributed by atoms with Crippen LogP contribution in [0.2, 0.25) is 0 Å². The van der Waals surface area contributed by atoms with Crippen molar-refractivity contribution >= 4 is 0 Å². The van der Waals surface area contributed by atoms with Crippen LogP contribution in [0.3, 0.4) is 0 Å². The van der Waals surface area contributed by atoms with E-state index in [2.05, 4.69) is 18.9 Å².